The Hall–Kier alpha value is -0.280. The summed E-state index contributed by atoms with van der Waals surface area (Å²) >= 11 is 4.74. The van der Waals surface area contributed by atoms with E-state index in [1.54, 1.807) is 6.92 Å². The third kappa shape index (κ3) is 4.47. The van der Waals surface area contributed by atoms with Gasteiger partial charge in [-0.3, -0.25) is 0 Å². The first-order valence-corrected chi connectivity index (χ1v) is 7.40. The van der Waals surface area contributed by atoms with Crippen LogP contribution >= 0.6 is 12.2 Å². The molecule has 3 N–H and O–H groups in total. The molecule has 0 aromatic rings. The molecule has 8 heteroatoms. The molecule has 0 radical (unpaired) electrons. The Bertz CT molecular complexity index is 352. The lowest BCUT2D eigenvalue weighted by Gasteiger charge is -2.24. The van der Waals surface area contributed by atoms with Crippen LogP contribution in [-0.2, 0) is 19.5 Å². The summed E-state index contributed by atoms with van der Waals surface area (Å²) in [5, 5.41) is -0.831. The first-order chi connectivity index (χ1) is 7.97. The van der Waals surface area contributed by atoms with Crippen LogP contribution in [0.1, 0.15) is 13.3 Å². The summed E-state index contributed by atoms with van der Waals surface area (Å²) in [4.78, 5) is -0.0131. The molecule has 17 heavy (non-hydrogen) atoms. The SMILES string of the molecule is CCC(C(N)=S)S(=O)(=O)NCC1COCCO1. The number of nitrogens with two attached hydrogens (primary N) is 1. The van der Waals surface area contributed by atoms with Crippen molar-refractivity contribution in [2.75, 3.05) is 26.4 Å². The molecule has 0 aliphatic carbocycles. The van der Waals surface area contributed by atoms with Crippen molar-refractivity contribution >= 4 is 27.2 Å². The van der Waals surface area contributed by atoms with Gasteiger partial charge in [0.05, 0.1) is 30.9 Å². The van der Waals surface area contributed by atoms with E-state index < -0.39 is 15.3 Å². The summed E-state index contributed by atoms with van der Waals surface area (Å²) in [6.45, 7) is 3.34. The van der Waals surface area contributed by atoms with Crippen LogP contribution in [-0.4, -0.2) is 51.1 Å². The van der Waals surface area contributed by atoms with Gasteiger partial charge in [0.2, 0.25) is 10.0 Å². The number of ether oxygens (including phenoxy) is 2. The van der Waals surface area contributed by atoms with E-state index >= 15 is 0 Å². The molecule has 6 nitrogen and oxygen atoms in total. The molecule has 1 aliphatic heterocycles. The molecule has 1 aliphatic rings. The van der Waals surface area contributed by atoms with Crippen molar-refractivity contribution in [3.63, 3.8) is 0 Å². The van der Waals surface area contributed by atoms with Crippen molar-refractivity contribution in [2.45, 2.75) is 24.7 Å². The van der Waals surface area contributed by atoms with Gasteiger partial charge in [0.25, 0.3) is 0 Å². The zero-order valence-electron chi connectivity index (χ0n) is 9.72. The zero-order valence-corrected chi connectivity index (χ0v) is 11.4. The molecule has 0 saturated carbocycles. The predicted molar refractivity (Wildman–Crippen MR) is 68.3 cm³/mol. The molecule has 0 bridgehead atoms. The molecule has 0 amide bonds. The maximum atomic E-state index is 11.9. The van der Waals surface area contributed by atoms with Crippen molar-refractivity contribution in [3.05, 3.63) is 0 Å². The number of sulfonamides is 1. The lowest BCUT2D eigenvalue weighted by molar-refractivity contribution is -0.0847. The Morgan fingerprint density at radius 3 is 2.76 bits per heavy atom. The van der Waals surface area contributed by atoms with Crippen LogP contribution < -0.4 is 10.5 Å². The quantitative estimate of drug-likeness (QED) is 0.631. The molecule has 1 saturated heterocycles. The molecule has 0 spiro atoms. The van der Waals surface area contributed by atoms with Crippen molar-refractivity contribution in [3.8, 4) is 0 Å². The minimum absolute atomic E-state index is 0.0131. The molecule has 2 unspecified atom stereocenters. The fourth-order valence-electron chi connectivity index (χ4n) is 1.54. The highest BCUT2D eigenvalue weighted by atomic mass is 32.2. The van der Waals surface area contributed by atoms with Crippen LogP contribution in [0, 0.1) is 0 Å². The van der Waals surface area contributed by atoms with Crippen LogP contribution in [0.3, 0.4) is 0 Å². The summed E-state index contributed by atoms with van der Waals surface area (Å²) in [6, 6.07) is 0. The van der Waals surface area contributed by atoms with E-state index in [0.29, 0.717) is 26.2 Å². The summed E-state index contributed by atoms with van der Waals surface area (Å²) in [6.07, 6.45) is 0.106. The number of hydrogen-bond donors (Lipinski definition) is 2. The maximum Gasteiger partial charge on any atom is 0.221 e. The van der Waals surface area contributed by atoms with Gasteiger partial charge in [0.15, 0.2) is 0 Å². The van der Waals surface area contributed by atoms with Gasteiger partial charge in [0.1, 0.15) is 5.25 Å². The van der Waals surface area contributed by atoms with Crippen LogP contribution in [0.5, 0.6) is 0 Å². The van der Waals surface area contributed by atoms with Gasteiger partial charge in [0, 0.05) is 6.54 Å². The van der Waals surface area contributed by atoms with Crippen LogP contribution in [0.2, 0.25) is 0 Å². The van der Waals surface area contributed by atoms with Gasteiger partial charge in [-0.05, 0) is 6.42 Å². The average Bonchev–Trinajstić information content (AvgIpc) is 2.28. The maximum absolute atomic E-state index is 11.9. The number of hydrogen-bond acceptors (Lipinski definition) is 5. The molecule has 100 valence electrons. The third-order valence-corrected chi connectivity index (χ3v) is 4.80. The second kappa shape index (κ2) is 6.60. The molecule has 1 heterocycles. The highest BCUT2D eigenvalue weighted by Gasteiger charge is 2.27. The van der Waals surface area contributed by atoms with Gasteiger partial charge in [-0.1, -0.05) is 19.1 Å². The highest BCUT2D eigenvalue weighted by Crippen LogP contribution is 2.06. The number of thiocarbonyl (C=S) groups is 1. The topological polar surface area (TPSA) is 90.7 Å². The Morgan fingerprint density at radius 2 is 2.29 bits per heavy atom. The molecular weight excluding hydrogens is 264 g/mol. The van der Waals surface area contributed by atoms with Gasteiger partial charge in [-0.2, -0.15) is 0 Å². The molecule has 1 rings (SSSR count). The largest absolute Gasteiger partial charge is 0.392 e. The molecule has 0 aromatic heterocycles. The van der Waals surface area contributed by atoms with E-state index in [1.165, 1.54) is 0 Å². The predicted octanol–water partition coefficient (Wildman–Crippen LogP) is -0.614. The van der Waals surface area contributed by atoms with E-state index in [0.717, 1.165) is 0 Å². The molecule has 2 atom stereocenters. The number of rotatable bonds is 6. The summed E-state index contributed by atoms with van der Waals surface area (Å²) in [5.74, 6) is 0. The van der Waals surface area contributed by atoms with Gasteiger partial charge in [-0.25, -0.2) is 13.1 Å². The van der Waals surface area contributed by atoms with Gasteiger partial charge >= 0.3 is 0 Å². The summed E-state index contributed by atoms with van der Waals surface area (Å²) in [7, 11) is -3.52. The van der Waals surface area contributed by atoms with E-state index in [4.69, 9.17) is 27.4 Å². The fraction of sp³-hybridized carbons (Fsp3) is 0.889. The molecule has 1 fully saturated rings. The first kappa shape index (κ1) is 14.8. The van der Waals surface area contributed by atoms with Gasteiger partial charge < -0.3 is 15.2 Å². The minimum Gasteiger partial charge on any atom is -0.392 e. The minimum atomic E-state index is -3.52. The first-order valence-electron chi connectivity index (χ1n) is 5.44. The Kier molecular flexibility index (Phi) is 5.74. The van der Waals surface area contributed by atoms with E-state index in [1.807, 2.05) is 0 Å². The smallest absolute Gasteiger partial charge is 0.221 e. The Labute approximate surface area is 107 Å². The molecular formula is C9H18N2O4S2. The van der Waals surface area contributed by atoms with E-state index in [9.17, 15) is 8.42 Å². The van der Waals surface area contributed by atoms with Crippen molar-refractivity contribution in [2.24, 2.45) is 5.73 Å². The zero-order chi connectivity index (χ0) is 12.9. The van der Waals surface area contributed by atoms with Crippen LogP contribution in [0.25, 0.3) is 0 Å². The Morgan fingerprint density at radius 1 is 1.59 bits per heavy atom. The lowest BCUT2D eigenvalue weighted by Crippen LogP contribution is -2.46. The fourth-order valence-corrected chi connectivity index (χ4v) is 3.45. The normalized spacial score (nSPS) is 23.2. The van der Waals surface area contributed by atoms with Crippen molar-refractivity contribution in [1.82, 2.24) is 4.72 Å². The van der Waals surface area contributed by atoms with E-state index in [2.05, 4.69) is 4.72 Å². The van der Waals surface area contributed by atoms with Gasteiger partial charge in [-0.15, -0.1) is 0 Å². The standard InChI is InChI=1S/C9H18N2O4S2/c1-2-8(9(10)16)17(12,13)11-5-7-6-14-3-4-15-7/h7-8,11H,2-6H2,1H3,(H2,10,16). The van der Waals surface area contributed by atoms with Crippen LogP contribution in [0.4, 0.5) is 0 Å². The van der Waals surface area contributed by atoms with E-state index in [-0.39, 0.29) is 17.6 Å². The van der Waals surface area contributed by atoms with Crippen LogP contribution in [0.15, 0.2) is 0 Å². The molecule has 0 aromatic carbocycles. The second-order valence-electron chi connectivity index (χ2n) is 3.76. The lowest BCUT2D eigenvalue weighted by atomic mass is 10.3. The summed E-state index contributed by atoms with van der Waals surface area (Å²) < 4.78 is 36.7. The average molecular weight is 282 g/mol. The van der Waals surface area contributed by atoms with Crippen molar-refractivity contribution in [1.29, 1.82) is 0 Å². The highest BCUT2D eigenvalue weighted by molar-refractivity contribution is 7.93. The second-order valence-corrected chi connectivity index (χ2v) is 6.18. The van der Waals surface area contributed by atoms with Crippen molar-refractivity contribution < 1.29 is 17.9 Å². The summed E-state index contributed by atoms with van der Waals surface area (Å²) in [5.41, 5.74) is 5.40. The monoisotopic (exact) mass is 282 g/mol. The third-order valence-electron chi connectivity index (χ3n) is 2.46. The Balaban J connectivity index is 2.50. The number of nitrogens with one attached hydrogen (secondary N) is 1.